The van der Waals surface area contributed by atoms with Gasteiger partial charge < -0.3 is 4.90 Å². The fraction of sp³-hybridized carbons (Fsp3) is 0.750. The molecular formula is C8H14NO. The molecule has 1 amide bonds. The highest BCUT2D eigenvalue weighted by atomic mass is 16.2. The summed E-state index contributed by atoms with van der Waals surface area (Å²) >= 11 is 0. The van der Waals surface area contributed by atoms with Crippen molar-refractivity contribution in [2.75, 3.05) is 13.1 Å². The number of amides is 1. The molecule has 1 heterocycles. The van der Waals surface area contributed by atoms with Gasteiger partial charge >= 0.3 is 0 Å². The van der Waals surface area contributed by atoms with Crippen molar-refractivity contribution in [3.05, 3.63) is 6.92 Å². The molecular weight excluding hydrogens is 126 g/mol. The molecule has 0 N–H and O–H groups in total. The van der Waals surface area contributed by atoms with Gasteiger partial charge in [-0.3, -0.25) is 4.79 Å². The maximum Gasteiger partial charge on any atom is 0.223 e. The van der Waals surface area contributed by atoms with Crippen LogP contribution in [-0.2, 0) is 4.79 Å². The first-order valence-corrected chi connectivity index (χ1v) is 3.91. The Balaban J connectivity index is 2.35. The molecule has 1 aliphatic heterocycles. The van der Waals surface area contributed by atoms with Crippen LogP contribution < -0.4 is 0 Å². The van der Waals surface area contributed by atoms with Crippen molar-refractivity contribution in [1.29, 1.82) is 0 Å². The fourth-order valence-electron chi connectivity index (χ4n) is 1.32. The third kappa shape index (κ3) is 2.01. The topological polar surface area (TPSA) is 20.3 Å². The van der Waals surface area contributed by atoms with Gasteiger partial charge in [-0.05, 0) is 12.8 Å². The quantitative estimate of drug-likeness (QED) is 0.495. The zero-order valence-electron chi connectivity index (χ0n) is 6.31. The van der Waals surface area contributed by atoms with E-state index in [1.807, 2.05) is 4.90 Å². The summed E-state index contributed by atoms with van der Waals surface area (Å²) in [5.41, 5.74) is 0. The number of nitrogens with zero attached hydrogens (tertiary/aromatic N) is 1. The number of hydrogen-bond acceptors (Lipinski definition) is 1. The standard InChI is InChI=1S/C8H14NO/c1-8(10)9-6-4-2-3-5-7-9/h1-7H2. The van der Waals surface area contributed by atoms with Gasteiger partial charge in [0.1, 0.15) is 0 Å². The number of likely N-dealkylation sites (tertiary alicyclic amines) is 1. The predicted molar refractivity (Wildman–Crippen MR) is 40.4 cm³/mol. The number of carbonyl (C=O) groups is 1. The minimum atomic E-state index is -0.0121. The third-order valence-electron chi connectivity index (χ3n) is 1.96. The molecule has 1 fully saturated rings. The molecule has 1 saturated heterocycles. The van der Waals surface area contributed by atoms with Crippen molar-refractivity contribution in [2.45, 2.75) is 25.7 Å². The summed E-state index contributed by atoms with van der Waals surface area (Å²) in [5.74, 6) is -0.0121. The summed E-state index contributed by atoms with van der Waals surface area (Å²) in [5, 5.41) is 0. The molecule has 0 unspecified atom stereocenters. The molecule has 10 heavy (non-hydrogen) atoms. The van der Waals surface area contributed by atoms with Crippen LogP contribution in [0.3, 0.4) is 0 Å². The highest BCUT2D eigenvalue weighted by molar-refractivity contribution is 5.80. The summed E-state index contributed by atoms with van der Waals surface area (Å²) in [6, 6.07) is 0. The first-order valence-electron chi connectivity index (χ1n) is 3.91. The van der Waals surface area contributed by atoms with Crippen LogP contribution in [0.4, 0.5) is 0 Å². The van der Waals surface area contributed by atoms with Gasteiger partial charge in [0.2, 0.25) is 5.91 Å². The second-order valence-corrected chi connectivity index (χ2v) is 2.80. The molecule has 0 aromatic carbocycles. The highest BCUT2D eigenvalue weighted by Crippen LogP contribution is 2.08. The summed E-state index contributed by atoms with van der Waals surface area (Å²) in [7, 11) is 0. The van der Waals surface area contributed by atoms with Crippen LogP contribution >= 0.6 is 0 Å². The van der Waals surface area contributed by atoms with Gasteiger partial charge in [0.15, 0.2) is 0 Å². The lowest BCUT2D eigenvalue weighted by atomic mass is 10.2. The van der Waals surface area contributed by atoms with Crippen LogP contribution in [-0.4, -0.2) is 23.9 Å². The van der Waals surface area contributed by atoms with E-state index in [4.69, 9.17) is 0 Å². The van der Waals surface area contributed by atoms with Crippen LogP contribution in [0.25, 0.3) is 0 Å². The van der Waals surface area contributed by atoms with E-state index in [9.17, 15) is 4.79 Å². The van der Waals surface area contributed by atoms with E-state index < -0.39 is 0 Å². The fourth-order valence-corrected chi connectivity index (χ4v) is 1.32. The SMILES string of the molecule is [CH2]C(=O)N1CCCCCC1. The smallest absolute Gasteiger partial charge is 0.223 e. The molecule has 0 aliphatic carbocycles. The third-order valence-corrected chi connectivity index (χ3v) is 1.96. The summed E-state index contributed by atoms with van der Waals surface area (Å²) in [6.45, 7) is 5.23. The van der Waals surface area contributed by atoms with E-state index in [0.29, 0.717) is 0 Å². The van der Waals surface area contributed by atoms with Crippen LogP contribution in [0.2, 0.25) is 0 Å². The summed E-state index contributed by atoms with van der Waals surface area (Å²) in [4.78, 5) is 12.6. The minimum Gasteiger partial charge on any atom is -0.343 e. The monoisotopic (exact) mass is 140 g/mol. The molecule has 0 bridgehead atoms. The molecule has 1 rings (SSSR count). The van der Waals surface area contributed by atoms with Crippen molar-refractivity contribution >= 4 is 5.91 Å². The molecule has 1 aliphatic rings. The highest BCUT2D eigenvalue weighted by Gasteiger charge is 2.10. The van der Waals surface area contributed by atoms with E-state index in [1.54, 1.807) is 0 Å². The van der Waals surface area contributed by atoms with Crippen LogP contribution in [0.1, 0.15) is 25.7 Å². The lowest BCUT2D eigenvalue weighted by Crippen LogP contribution is -2.29. The number of hydrogen-bond donors (Lipinski definition) is 0. The molecule has 2 heteroatoms. The molecule has 0 aromatic rings. The molecule has 0 spiro atoms. The van der Waals surface area contributed by atoms with E-state index in [1.165, 1.54) is 12.8 Å². The van der Waals surface area contributed by atoms with Crippen molar-refractivity contribution in [1.82, 2.24) is 4.90 Å². The zero-order valence-corrected chi connectivity index (χ0v) is 6.31. The van der Waals surface area contributed by atoms with Gasteiger partial charge in [-0.25, -0.2) is 0 Å². The van der Waals surface area contributed by atoms with Gasteiger partial charge in [-0.15, -0.1) is 0 Å². The second-order valence-electron chi connectivity index (χ2n) is 2.80. The van der Waals surface area contributed by atoms with Crippen molar-refractivity contribution in [3.8, 4) is 0 Å². The molecule has 0 atom stereocenters. The van der Waals surface area contributed by atoms with Crippen molar-refractivity contribution in [2.24, 2.45) is 0 Å². The Kier molecular flexibility index (Phi) is 2.72. The van der Waals surface area contributed by atoms with Crippen LogP contribution in [0, 0.1) is 6.92 Å². The maximum absolute atomic E-state index is 10.8. The Morgan fingerprint density at radius 2 is 1.60 bits per heavy atom. The normalized spacial score (nSPS) is 20.3. The molecule has 57 valence electrons. The van der Waals surface area contributed by atoms with E-state index in [-0.39, 0.29) is 5.91 Å². The Hall–Kier alpha value is -0.530. The Labute approximate surface area is 62.2 Å². The Morgan fingerprint density at radius 1 is 1.10 bits per heavy atom. The van der Waals surface area contributed by atoms with Crippen molar-refractivity contribution in [3.63, 3.8) is 0 Å². The molecule has 2 nitrogen and oxygen atoms in total. The average molecular weight is 140 g/mol. The number of carbonyl (C=O) groups excluding carboxylic acids is 1. The second kappa shape index (κ2) is 3.59. The molecule has 1 radical (unpaired) electrons. The lowest BCUT2D eigenvalue weighted by Gasteiger charge is -2.16. The Bertz CT molecular complexity index is 114. The van der Waals surface area contributed by atoms with Gasteiger partial charge in [0, 0.05) is 20.0 Å². The zero-order chi connectivity index (χ0) is 7.40. The average Bonchev–Trinajstić information content (AvgIpc) is 2.12. The van der Waals surface area contributed by atoms with Gasteiger partial charge in [-0.1, -0.05) is 12.8 Å². The summed E-state index contributed by atoms with van der Waals surface area (Å²) in [6.07, 6.45) is 4.84. The van der Waals surface area contributed by atoms with E-state index in [2.05, 4.69) is 6.92 Å². The predicted octanol–water partition coefficient (Wildman–Crippen LogP) is 1.22. The first-order chi connectivity index (χ1) is 4.80. The van der Waals surface area contributed by atoms with Crippen LogP contribution in [0.15, 0.2) is 0 Å². The summed E-state index contributed by atoms with van der Waals surface area (Å²) < 4.78 is 0. The molecule has 0 aromatic heterocycles. The van der Waals surface area contributed by atoms with Gasteiger partial charge in [0.25, 0.3) is 0 Å². The maximum atomic E-state index is 10.8. The largest absolute Gasteiger partial charge is 0.343 e. The van der Waals surface area contributed by atoms with E-state index in [0.717, 1.165) is 25.9 Å². The minimum absolute atomic E-state index is 0.0121. The Morgan fingerprint density at radius 3 is 2.00 bits per heavy atom. The number of rotatable bonds is 0. The van der Waals surface area contributed by atoms with Gasteiger partial charge in [0.05, 0.1) is 0 Å². The van der Waals surface area contributed by atoms with E-state index >= 15 is 0 Å². The molecule has 0 saturated carbocycles. The van der Waals surface area contributed by atoms with Crippen LogP contribution in [0.5, 0.6) is 0 Å². The lowest BCUT2D eigenvalue weighted by molar-refractivity contribution is -0.126. The first kappa shape index (κ1) is 7.58. The van der Waals surface area contributed by atoms with Gasteiger partial charge in [-0.2, -0.15) is 0 Å². The van der Waals surface area contributed by atoms with Crippen molar-refractivity contribution < 1.29 is 4.79 Å².